The molecule has 2 atom stereocenters. The van der Waals surface area contributed by atoms with Crippen molar-refractivity contribution in [1.29, 1.82) is 0 Å². The number of piperidine rings is 1. The van der Waals surface area contributed by atoms with Crippen LogP contribution >= 0.6 is 0 Å². The van der Waals surface area contributed by atoms with Crippen LogP contribution in [0.3, 0.4) is 0 Å². The molecule has 0 spiro atoms. The molecule has 2 aliphatic carbocycles. The number of benzene rings is 1. The number of pyridine rings is 1. The molecule has 3 aromatic heterocycles. The number of fused-ring (bicyclic) bond motifs is 4. The Hall–Kier alpha value is -3.32. The maximum absolute atomic E-state index is 13.5. The average molecular weight is 514 g/mol. The molecule has 4 aromatic rings. The maximum Gasteiger partial charge on any atom is 0.254 e. The minimum Gasteiger partial charge on any atom is -0.496 e. The van der Waals surface area contributed by atoms with Crippen molar-refractivity contribution in [2.75, 3.05) is 13.7 Å². The van der Waals surface area contributed by atoms with Gasteiger partial charge in [-0.25, -0.2) is 4.98 Å². The van der Waals surface area contributed by atoms with Crippen LogP contribution in [0.2, 0.25) is 0 Å². The number of hydrogen-bond donors (Lipinski definition) is 1. The number of amides is 1. The molecular formula is C31H35N3O4. The molecule has 7 heteroatoms. The fraction of sp³-hybridized carbons (Fsp3) is 0.484. The number of methoxy groups -OCH3 is 1. The monoisotopic (exact) mass is 513 g/mol. The smallest absolute Gasteiger partial charge is 0.254 e. The highest BCUT2D eigenvalue weighted by Crippen LogP contribution is 2.43. The van der Waals surface area contributed by atoms with Gasteiger partial charge in [-0.15, -0.1) is 0 Å². The van der Waals surface area contributed by atoms with E-state index in [0.717, 1.165) is 59.4 Å². The van der Waals surface area contributed by atoms with E-state index in [4.69, 9.17) is 14.1 Å². The number of ether oxygens (including phenoxy) is 1. The number of aryl methyl sites for hydroxylation is 1. The lowest BCUT2D eigenvalue weighted by Crippen LogP contribution is -2.37. The first kappa shape index (κ1) is 23.8. The highest BCUT2D eigenvalue weighted by molar-refractivity contribution is 6.02. The SMILES string of the molecule is COc1cc(C(=O)N2CC3CCC2C3)cc2oc(-c3cc4ccc(C(C)(C)O)nc4n3CC3CC3)c(C)c12. The Morgan fingerprint density at radius 2 is 2.00 bits per heavy atom. The minimum absolute atomic E-state index is 0.0687. The number of aromatic nitrogens is 2. The zero-order valence-corrected chi connectivity index (χ0v) is 22.6. The summed E-state index contributed by atoms with van der Waals surface area (Å²) < 4.78 is 14.6. The molecular weight excluding hydrogens is 478 g/mol. The van der Waals surface area contributed by atoms with Crippen molar-refractivity contribution in [2.45, 2.75) is 71.1 Å². The number of nitrogens with zero attached hydrogens (tertiary/aromatic N) is 3. The second kappa shape index (κ2) is 8.34. The molecule has 1 N–H and O–H groups in total. The molecule has 3 aliphatic rings. The van der Waals surface area contributed by atoms with Crippen LogP contribution in [0.25, 0.3) is 33.5 Å². The number of rotatable bonds is 6. The van der Waals surface area contributed by atoms with E-state index in [0.29, 0.717) is 40.5 Å². The first-order chi connectivity index (χ1) is 18.2. The molecule has 1 saturated heterocycles. The van der Waals surface area contributed by atoms with E-state index in [1.807, 2.05) is 29.2 Å². The standard InChI is InChI=1S/C31H35N3O4/c1-17-27-24(37-4)13-21(30(35)33-16-19-7-9-22(33)11-19)14-25(27)38-28(17)23-12-20-8-10-26(31(2,3)36)32-29(20)34(23)15-18-5-6-18/h8,10,12-14,18-19,22,36H,5-7,9,11,15-16H2,1-4H3. The van der Waals surface area contributed by atoms with Crippen molar-refractivity contribution >= 4 is 27.9 Å². The first-order valence-corrected chi connectivity index (χ1v) is 13.9. The first-order valence-electron chi connectivity index (χ1n) is 13.9. The largest absolute Gasteiger partial charge is 0.496 e. The predicted molar refractivity (Wildman–Crippen MR) is 146 cm³/mol. The van der Waals surface area contributed by atoms with Gasteiger partial charge in [0.1, 0.15) is 22.6 Å². The topological polar surface area (TPSA) is 80.7 Å². The molecule has 4 heterocycles. The predicted octanol–water partition coefficient (Wildman–Crippen LogP) is 6.03. The number of hydrogen-bond acceptors (Lipinski definition) is 5. The number of likely N-dealkylation sites (tertiary alicyclic amines) is 1. The van der Waals surface area contributed by atoms with E-state index >= 15 is 0 Å². The van der Waals surface area contributed by atoms with Gasteiger partial charge in [0.05, 0.1) is 23.9 Å². The fourth-order valence-electron chi connectivity index (χ4n) is 6.61. The fourth-order valence-corrected chi connectivity index (χ4v) is 6.61. The third-order valence-corrected chi connectivity index (χ3v) is 8.87. The molecule has 3 fully saturated rings. The second-order valence-corrected chi connectivity index (χ2v) is 12.2. The maximum atomic E-state index is 13.5. The van der Waals surface area contributed by atoms with Crippen molar-refractivity contribution in [3.8, 4) is 17.2 Å². The van der Waals surface area contributed by atoms with Crippen LogP contribution in [0, 0.1) is 18.8 Å². The zero-order chi connectivity index (χ0) is 26.3. The van der Waals surface area contributed by atoms with Gasteiger partial charge in [0.25, 0.3) is 5.91 Å². The normalized spacial score (nSPS) is 21.2. The summed E-state index contributed by atoms with van der Waals surface area (Å²) in [6.07, 6.45) is 5.89. The Bertz CT molecular complexity index is 1590. The molecule has 2 unspecified atom stereocenters. The van der Waals surface area contributed by atoms with Crippen LogP contribution in [0.5, 0.6) is 5.75 Å². The lowest BCUT2D eigenvalue weighted by Gasteiger charge is -2.27. The Balaban J connectivity index is 1.36. The van der Waals surface area contributed by atoms with Crippen molar-refractivity contribution < 1.29 is 19.1 Å². The molecule has 198 valence electrons. The van der Waals surface area contributed by atoms with Crippen molar-refractivity contribution in [1.82, 2.24) is 14.5 Å². The molecule has 1 aliphatic heterocycles. The average Bonchev–Trinajstić information content (AvgIpc) is 3.20. The Kier molecular flexibility index (Phi) is 5.22. The Labute approximate surface area is 222 Å². The van der Waals surface area contributed by atoms with Crippen LogP contribution in [0.15, 0.2) is 34.7 Å². The summed E-state index contributed by atoms with van der Waals surface area (Å²) in [5.74, 6) is 2.77. The van der Waals surface area contributed by atoms with Crippen molar-refractivity contribution in [3.63, 3.8) is 0 Å². The van der Waals surface area contributed by atoms with E-state index in [9.17, 15) is 9.90 Å². The number of carbonyl (C=O) groups excluding carboxylic acids is 1. The Morgan fingerprint density at radius 3 is 2.66 bits per heavy atom. The highest BCUT2D eigenvalue weighted by Gasteiger charge is 2.40. The van der Waals surface area contributed by atoms with E-state index in [1.54, 1.807) is 21.0 Å². The van der Waals surface area contributed by atoms with Gasteiger partial charge < -0.3 is 23.7 Å². The van der Waals surface area contributed by atoms with Crippen molar-refractivity contribution in [2.24, 2.45) is 11.8 Å². The van der Waals surface area contributed by atoms with Crippen LogP contribution in [0.4, 0.5) is 0 Å². The van der Waals surface area contributed by atoms with Gasteiger partial charge in [-0.2, -0.15) is 0 Å². The summed E-state index contributed by atoms with van der Waals surface area (Å²) in [6, 6.07) is 10.2. The van der Waals surface area contributed by atoms with Crippen LogP contribution in [0.1, 0.15) is 67.6 Å². The van der Waals surface area contributed by atoms with E-state index in [2.05, 4.69) is 17.6 Å². The minimum atomic E-state index is -1.02. The van der Waals surface area contributed by atoms with Gasteiger partial charge in [-0.3, -0.25) is 4.79 Å². The van der Waals surface area contributed by atoms with Crippen LogP contribution in [-0.2, 0) is 12.1 Å². The lowest BCUT2D eigenvalue weighted by atomic mass is 10.0. The number of carbonyl (C=O) groups is 1. The third-order valence-electron chi connectivity index (χ3n) is 8.87. The summed E-state index contributed by atoms with van der Waals surface area (Å²) >= 11 is 0. The highest BCUT2D eigenvalue weighted by atomic mass is 16.5. The van der Waals surface area contributed by atoms with Gasteiger partial charge in [0.15, 0.2) is 5.76 Å². The van der Waals surface area contributed by atoms with Crippen LogP contribution < -0.4 is 4.74 Å². The molecule has 0 radical (unpaired) electrons. The second-order valence-electron chi connectivity index (χ2n) is 12.2. The molecule has 38 heavy (non-hydrogen) atoms. The number of furan rings is 1. The summed E-state index contributed by atoms with van der Waals surface area (Å²) in [4.78, 5) is 20.5. The summed E-state index contributed by atoms with van der Waals surface area (Å²) in [5.41, 5.74) is 3.72. The molecule has 7 nitrogen and oxygen atoms in total. The quantitative estimate of drug-likeness (QED) is 0.341. The molecule has 2 bridgehead atoms. The summed E-state index contributed by atoms with van der Waals surface area (Å²) in [6.45, 7) is 7.29. The summed E-state index contributed by atoms with van der Waals surface area (Å²) in [5, 5.41) is 12.5. The Morgan fingerprint density at radius 1 is 1.18 bits per heavy atom. The van der Waals surface area contributed by atoms with E-state index in [1.165, 1.54) is 19.3 Å². The lowest BCUT2D eigenvalue weighted by molar-refractivity contribution is 0.0702. The molecule has 1 aromatic carbocycles. The van der Waals surface area contributed by atoms with E-state index in [-0.39, 0.29) is 5.91 Å². The molecule has 1 amide bonds. The molecule has 7 rings (SSSR count). The van der Waals surface area contributed by atoms with Gasteiger partial charge in [0.2, 0.25) is 0 Å². The third kappa shape index (κ3) is 3.74. The van der Waals surface area contributed by atoms with E-state index < -0.39 is 5.60 Å². The summed E-state index contributed by atoms with van der Waals surface area (Å²) in [7, 11) is 1.65. The van der Waals surface area contributed by atoms with Crippen LogP contribution in [-0.4, -0.2) is 45.2 Å². The van der Waals surface area contributed by atoms with Gasteiger partial charge in [-0.05, 0) is 95.0 Å². The molecule has 2 saturated carbocycles. The van der Waals surface area contributed by atoms with Gasteiger partial charge in [-0.1, -0.05) is 0 Å². The zero-order valence-electron chi connectivity index (χ0n) is 22.6. The number of aliphatic hydroxyl groups is 1. The van der Waals surface area contributed by atoms with Crippen molar-refractivity contribution in [3.05, 3.63) is 47.2 Å². The van der Waals surface area contributed by atoms with Gasteiger partial charge >= 0.3 is 0 Å². The van der Waals surface area contributed by atoms with Gasteiger partial charge in [0, 0.05) is 35.6 Å².